The maximum absolute atomic E-state index is 13.3. The molecule has 1 aromatic heterocycles. The van der Waals surface area contributed by atoms with Crippen LogP contribution < -0.4 is 26.5 Å². The van der Waals surface area contributed by atoms with E-state index >= 15 is 0 Å². The number of anilines is 1. The number of allylic oxidation sites excluding steroid dienone is 2. The first-order valence-electron chi connectivity index (χ1n) is 20.6. The molecule has 2 aliphatic carbocycles. The fraction of sp³-hybridized carbons (Fsp3) is 0.404. The van der Waals surface area contributed by atoms with Crippen LogP contribution in [0, 0.1) is 17.7 Å². The van der Waals surface area contributed by atoms with Crippen molar-refractivity contribution in [2.24, 2.45) is 17.6 Å². The highest BCUT2D eigenvalue weighted by atomic mass is 19.4. The van der Waals surface area contributed by atoms with Gasteiger partial charge < -0.3 is 40.6 Å². The Balaban J connectivity index is 0.000000244. The SMILES string of the molecule is C=O.C=O.CCCCC/C=C\[C@@H]1C[C@@H]1C(=O)NC1(C)CC1.COc1ccc2c(=O)cc(-c3ccccc3)[nH]c2c1.NC(=O)[C@@H]1CCCN1C(=O)CNc1cc(F)cc(C(F)(F)F)c1. The summed E-state index contributed by atoms with van der Waals surface area (Å²) < 4.78 is 56.3. The van der Waals surface area contributed by atoms with E-state index in [1.807, 2.05) is 50.0 Å². The van der Waals surface area contributed by atoms with Gasteiger partial charge in [-0.25, -0.2) is 4.39 Å². The summed E-state index contributed by atoms with van der Waals surface area (Å²) in [7, 11) is 1.61. The molecule has 16 heteroatoms. The molecule has 2 saturated carbocycles. The Morgan fingerprint density at radius 2 is 1.70 bits per heavy atom. The van der Waals surface area contributed by atoms with Crippen LogP contribution in [0.25, 0.3) is 22.2 Å². The molecule has 3 amide bonds. The average molecular weight is 880 g/mol. The smallest absolute Gasteiger partial charge is 0.416 e. The minimum Gasteiger partial charge on any atom is -0.497 e. The number of nitrogens with two attached hydrogens (primary N) is 1. The van der Waals surface area contributed by atoms with Gasteiger partial charge in [-0.2, -0.15) is 13.2 Å². The number of benzene rings is 3. The predicted molar refractivity (Wildman–Crippen MR) is 235 cm³/mol. The molecular weight excluding hydrogens is 823 g/mol. The molecular formula is C47H57F4N5O7. The summed E-state index contributed by atoms with van der Waals surface area (Å²) in [5.74, 6) is -0.355. The lowest BCUT2D eigenvalue weighted by molar-refractivity contribution is -0.137. The molecule has 0 radical (unpaired) electrons. The number of primary amides is 1. The van der Waals surface area contributed by atoms with Crippen LogP contribution in [0.1, 0.15) is 77.2 Å². The van der Waals surface area contributed by atoms with Crippen LogP contribution in [0.2, 0.25) is 0 Å². The predicted octanol–water partition coefficient (Wildman–Crippen LogP) is 7.99. The van der Waals surface area contributed by atoms with Crippen molar-refractivity contribution in [1.82, 2.24) is 15.2 Å². The van der Waals surface area contributed by atoms with Gasteiger partial charge >= 0.3 is 6.18 Å². The molecule has 3 fully saturated rings. The standard InChI is InChI=1S/C16H13NO2.C15H25NO.C14H15F4N3O2.2CH2O/c1-19-12-7-8-13-15(9-12)17-14(10-16(13)18)11-5-3-2-4-6-11;1-3-4-5-6-7-8-12-11-13(12)14(17)16-15(2)9-10-15;15-9-4-8(14(16,17)18)5-10(6-9)20-7-12(22)21-3-1-2-11(21)13(19)23;2*1-2/h2-10H,1H3,(H,17,18);7-8,12-13H,3-6,9-11H2,1-2H3,(H,16,17);4-6,11,20H,1-3,7H2,(H2,19,23);2*1H2/b;8-7-;;;/t;12-,13+;11-;;/m.10../s1. The lowest BCUT2D eigenvalue weighted by Crippen LogP contribution is -2.45. The van der Waals surface area contributed by atoms with E-state index in [0.29, 0.717) is 42.8 Å². The third kappa shape index (κ3) is 15.8. The summed E-state index contributed by atoms with van der Waals surface area (Å²) in [5, 5.41) is 6.28. The van der Waals surface area contributed by atoms with Gasteiger partial charge in [-0.3, -0.25) is 19.2 Å². The van der Waals surface area contributed by atoms with Crippen LogP contribution in [-0.2, 0) is 30.1 Å². The third-order valence-electron chi connectivity index (χ3n) is 10.7. The lowest BCUT2D eigenvalue weighted by atomic mass is 10.1. The number of aromatic nitrogens is 1. The number of halogens is 4. The number of alkyl halides is 3. The van der Waals surface area contributed by atoms with Gasteiger partial charge in [0.1, 0.15) is 31.2 Å². The number of H-pyrrole nitrogens is 1. The summed E-state index contributed by atoms with van der Waals surface area (Å²) >= 11 is 0. The van der Waals surface area contributed by atoms with Crippen LogP contribution in [0.3, 0.4) is 0 Å². The zero-order valence-corrected chi connectivity index (χ0v) is 35.9. The number of methoxy groups -OCH3 is 1. The van der Waals surface area contributed by atoms with Crippen molar-refractivity contribution in [1.29, 1.82) is 0 Å². The number of fused-ring (bicyclic) bond motifs is 1. The number of rotatable bonds is 13. The number of hydrogen-bond donors (Lipinski definition) is 4. The van der Waals surface area contributed by atoms with Gasteiger partial charge in [0.25, 0.3) is 0 Å². The molecule has 3 atom stereocenters. The highest BCUT2D eigenvalue weighted by molar-refractivity contribution is 5.89. The molecule has 12 nitrogen and oxygen atoms in total. The number of ether oxygens (including phenoxy) is 1. The van der Waals surface area contributed by atoms with Crippen LogP contribution >= 0.6 is 0 Å². The van der Waals surface area contributed by atoms with Gasteiger partial charge in [0, 0.05) is 46.9 Å². The fourth-order valence-electron chi connectivity index (χ4n) is 6.84. The Kier molecular flexibility index (Phi) is 19.7. The first-order valence-corrected chi connectivity index (χ1v) is 20.6. The summed E-state index contributed by atoms with van der Waals surface area (Å²) in [4.78, 5) is 67.8. The molecule has 63 heavy (non-hydrogen) atoms. The molecule has 340 valence electrons. The number of carbonyl (C=O) groups excluding carboxylic acids is 5. The topological polar surface area (TPSA) is 181 Å². The van der Waals surface area contributed by atoms with Crippen molar-refractivity contribution in [3.05, 3.63) is 107 Å². The Labute approximate surface area is 364 Å². The van der Waals surface area contributed by atoms with E-state index in [2.05, 4.69) is 41.6 Å². The number of nitrogens with zero attached hydrogens (tertiary/aromatic N) is 1. The third-order valence-corrected chi connectivity index (χ3v) is 10.7. The molecule has 1 saturated heterocycles. The summed E-state index contributed by atoms with van der Waals surface area (Å²) in [6, 6.07) is 18.1. The number of pyridine rings is 1. The number of amides is 3. The first kappa shape index (κ1) is 51.0. The molecule has 0 unspecified atom stereocenters. The first-order chi connectivity index (χ1) is 30.1. The van der Waals surface area contributed by atoms with E-state index in [9.17, 15) is 36.7 Å². The lowest BCUT2D eigenvalue weighted by Gasteiger charge is -2.22. The van der Waals surface area contributed by atoms with Crippen molar-refractivity contribution < 1.29 is 46.3 Å². The zero-order valence-electron chi connectivity index (χ0n) is 35.9. The molecule has 1 aliphatic heterocycles. The second-order valence-electron chi connectivity index (χ2n) is 15.5. The van der Waals surface area contributed by atoms with Gasteiger partial charge in [0.15, 0.2) is 5.43 Å². The molecule has 3 aromatic carbocycles. The average Bonchev–Trinajstić information content (AvgIpc) is 4.17. The monoisotopic (exact) mass is 879 g/mol. The van der Waals surface area contributed by atoms with Crippen molar-refractivity contribution in [2.75, 3.05) is 25.5 Å². The van der Waals surface area contributed by atoms with Gasteiger partial charge in [0.2, 0.25) is 17.7 Å². The summed E-state index contributed by atoms with van der Waals surface area (Å²) in [5.41, 5.74) is 6.62. The van der Waals surface area contributed by atoms with Crippen LogP contribution in [0.5, 0.6) is 5.75 Å². The maximum Gasteiger partial charge on any atom is 0.416 e. The van der Waals surface area contributed by atoms with Crippen LogP contribution in [-0.4, -0.2) is 73.0 Å². The molecule has 2 heterocycles. The van der Waals surface area contributed by atoms with E-state index in [4.69, 9.17) is 20.1 Å². The van der Waals surface area contributed by atoms with Gasteiger partial charge in [-0.15, -0.1) is 0 Å². The van der Waals surface area contributed by atoms with Crippen molar-refractivity contribution in [2.45, 2.75) is 89.4 Å². The Morgan fingerprint density at radius 1 is 1.00 bits per heavy atom. The number of carbonyl (C=O) groups is 5. The number of likely N-dealkylation sites (tertiary alicyclic amines) is 1. The van der Waals surface area contributed by atoms with Crippen molar-refractivity contribution in [3.8, 4) is 17.0 Å². The minimum atomic E-state index is -4.69. The quantitative estimate of drug-likeness (QED) is 0.0593. The molecule has 7 rings (SSSR count). The highest BCUT2D eigenvalue weighted by Crippen LogP contribution is 2.42. The number of aromatic amines is 1. The van der Waals surface area contributed by atoms with E-state index < -0.39 is 35.4 Å². The van der Waals surface area contributed by atoms with Gasteiger partial charge in [0.05, 0.1) is 24.7 Å². The van der Waals surface area contributed by atoms with Crippen LogP contribution in [0.4, 0.5) is 23.2 Å². The second kappa shape index (κ2) is 24.4. The molecule has 0 bridgehead atoms. The normalized spacial score (nSPS) is 17.8. The second-order valence-corrected chi connectivity index (χ2v) is 15.5. The van der Waals surface area contributed by atoms with E-state index in [1.54, 1.807) is 25.3 Å². The number of nitrogens with one attached hydrogen (secondary N) is 3. The molecule has 4 aromatic rings. The summed E-state index contributed by atoms with van der Waals surface area (Å²) in [6.45, 7) is 8.36. The molecule has 0 spiro atoms. The fourth-order valence-corrected chi connectivity index (χ4v) is 6.84. The Bertz CT molecular complexity index is 2210. The van der Waals surface area contributed by atoms with Gasteiger partial charge in [-0.1, -0.05) is 62.2 Å². The Hall–Kier alpha value is -6.32. The van der Waals surface area contributed by atoms with Crippen molar-refractivity contribution >= 4 is 47.9 Å². The minimum absolute atomic E-state index is 0.00950. The largest absolute Gasteiger partial charge is 0.497 e. The summed E-state index contributed by atoms with van der Waals surface area (Å²) in [6.07, 6.45) is 9.36. The van der Waals surface area contributed by atoms with Crippen LogP contribution in [0.15, 0.2) is 89.7 Å². The van der Waals surface area contributed by atoms with E-state index in [0.717, 1.165) is 47.9 Å². The molecule has 3 aliphatic rings. The van der Waals surface area contributed by atoms with Crippen molar-refractivity contribution in [3.63, 3.8) is 0 Å². The van der Waals surface area contributed by atoms with Gasteiger partial charge in [-0.05, 0) is 93.7 Å². The number of hydrogen-bond acceptors (Lipinski definition) is 8. The van der Waals surface area contributed by atoms with E-state index in [-0.39, 0.29) is 35.0 Å². The maximum atomic E-state index is 13.3. The highest BCUT2D eigenvalue weighted by Gasteiger charge is 2.46. The van der Waals surface area contributed by atoms with E-state index in [1.165, 1.54) is 30.6 Å². The molecule has 5 N–H and O–H groups in total. The Morgan fingerprint density at radius 3 is 2.32 bits per heavy atom. The number of unbranched alkanes of at least 4 members (excludes halogenated alkanes) is 3. The zero-order chi connectivity index (χ0) is 46.7.